The third kappa shape index (κ3) is 3.96. The maximum Gasteiger partial charge on any atom is 0.0664 e. The van der Waals surface area contributed by atoms with Gasteiger partial charge in [0.2, 0.25) is 0 Å². The molecule has 0 amide bonds. The second kappa shape index (κ2) is 6.60. The molecule has 4 heterocycles. The Morgan fingerprint density at radius 3 is 1.92 bits per heavy atom. The zero-order valence-electron chi connectivity index (χ0n) is 16.6. The molecule has 4 rings (SSSR count). The molecule has 0 aliphatic rings. The maximum absolute atomic E-state index is 4.21. The monoisotopic (exact) mass is 348 g/mol. The van der Waals surface area contributed by atoms with Crippen molar-refractivity contribution in [3.63, 3.8) is 0 Å². The Bertz CT molecular complexity index is 926. The fourth-order valence-corrected chi connectivity index (χ4v) is 2.75. The smallest absolute Gasteiger partial charge is 0.0664 e. The van der Waals surface area contributed by atoms with E-state index >= 15 is 0 Å². The average Bonchev–Trinajstić information content (AvgIpc) is 3.21. The van der Waals surface area contributed by atoms with Gasteiger partial charge in [-0.15, -0.1) is 0 Å². The molecule has 0 spiro atoms. The van der Waals surface area contributed by atoms with Crippen molar-refractivity contribution < 1.29 is 0 Å². The highest BCUT2D eigenvalue weighted by Crippen LogP contribution is 2.23. The summed E-state index contributed by atoms with van der Waals surface area (Å²) in [6.07, 6.45) is 7.74. The van der Waals surface area contributed by atoms with Gasteiger partial charge in [-0.05, 0) is 52.3 Å². The van der Waals surface area contributed by atoms with Crippen LogP contribution in [0.15, 0.2) is 61.2 Å². The lowest BCUT2D eigenvalue weighted by atomic mass is 9.88. The van der Waals surface area contributed by atoms with Crippen LogP contribution in [0.1, 0.15) is 52.7 Å². The summed E-state index contributed by atoms with van der Waals surface area (Å²) >= 11 is 0. The lowest BCUT2D eigenvalue weighted by molar-refractivity contribution is 0.584. The van der Waals surface area contributed by atoms with Gasteiger partial charge >= 0.3 is 0 Å². The first-order valence-corrected chi connectivity index (χ1v) is 9.02. The molecule has 0 radical (unpaired) electrons. The number of hydrogen-bond donors (Lipinski definition) is 0. The summed E-state index contributed by atoms with van der Waals surface area (Å²) in [5.41, 5.74) is 5.37. The second-order valence-electron chi connectivity index (χ2n) is 8.73. The van der Waals surface area contributed by atoms with Crippen LogP contribution in [-0.2, 0) is 10.8 Å². The first-order valence-electron chi connectivity index (χ1n) is 9.02. The van der Waals surface area contributed by atoms with E-state index in [0.29, 0.717) is 0 Å². The minimum Gasteiger partial charge on any atom is -0.241 e. The highest BCUT2D eigenvalue weighted by atomic mass is 15.2. The molecule has 4 nitrogen and oxygen atoms in total. The Labute approximate surface area is 155 Å². The van der Waals surface area contributed by atoms with Crippen molar-refractivity contribution in [3.8, 4) is 0 Å². The molecular formula is C22H28N4. The summed E-state index contributed by atoms with van der Waals surface area (Å²) in [6, 6.07) is 12.6. The molecule has 0 atom stereocenters. The van der Waals surface area contributed by atoms with Crippen LogP contribution in [0.2, 0.25) is 0 Å². The van der Waals surface area contributed by atoms with Gasteiger partial charge in [0.15, 0.2) is 0 Å². The van der Waals surface area contributed by atoms with Gasteiger partial charge in [0.1, 0.15) is 0 Å². The molecular weight excluding hydrogens is 320 g/mol. The number of aromatic nitrogens is 4. The molecule has 0 aromatic carbocycles. The summed E-state index contributed by atoms with van der Waals surface area (Å²) in [5, 5.41) is 8.37. The van der Waals surface area contributed by atoms with E-state index in [1.54, 1.807) is 0 Å². The van der Waals surface area contributed by atoms with Crippen LogP contribution in [0, 0.1) is 0 Å². The first-order chi connectivity index (χ1) is 12.1. The highest BCUT2D eigenvalue weighted by Gasteiger charge is 2.14. The van der Waals surface area contributed by atoms with Crippen LogP contribution in [0.4, 0.5) is 0 Å². The van der Waals surface area contributed by atoms with Crippen molar-refractivity contribution in [2.24, 2.45) is 0 Å². The summed E-state index contributed by atoms with van der Waals surface area (Å²) in [5.74, 6) is 0. The van der Waals surface area contributed by atoms with Crippen LogP contribution in [0.3, 0.4) is 0 Å². The predicted octanol–water partition coefficient (Wildman–Crippen LogP) is 5.26. The van der Waals surface area contributed by atoms with Crippen molar-refractivity contribution in [3.05, 3.63) is 72.3 Å². The van der Waals surface area contributed by atoms with Gasteiger partial charge < -0.3 is 0 Å². The van der Waals surface area contributed by atoms with Crippen LogP contribution in [0.5, 0.6) is 0 Å². The lowest BCUT2D eigenvalue weighted by Crippen LogP contribution is -2.11. The molecule has 0 N–H and O–H groups in total. The molecule has 0 fully saturated rings. The van der Waals surface area contributed by atoms with Gasteiger partial charge in [-0.3, -0.25) is 0 Å². The largest absolute Gasteiger partial charge is 0.241 e. The van der Waals surface area contributed by atoms with Crippen molar-refractivity contribution in [2.75, 3.05) is 0 Å². The summed E-state index contributed by atoms with van der Waals surface area (Å²) in [4.78, 5) is 0. The van der Waals surface area contributed by atoms with Crippen molar-refractivity contribution in [2.45, 2.75) is 52.4 Å². The fourth-order valence-electron chi connectivity index (χ4n) is 2.75. The molecule has 26 heavy (non-hydrogen) atoms. The third-order valence-electron chi connectivity index (χ3n) is 4.53. The molecule has 0 saturated carbocycles. The number of fused-ring (bicyclic) bond motifs is 2. The van der Waals surface area contributed by atoms with E-state index in [-0.39, 0.29) is 10.8 Å². The van der Waals surface area contributed by atoms with Gasteiger partial charge in [0, 0.05) is 24.8 Å². The van der Waals surface area contributed by atoms with E-state index in [4.69, 9.17) is 0 Å². The Balaban J connectivity index is 0.000000151. The molecule has 0 bridgehead atoms. The summed E-state index contributed by atoms with van der Waals surface area (Å²) in [7, 11) is 0. The number of nitrogens with zero attached hydrogens (tertiary/aromatic N) is 4. The normalized spacial score (nSPS) is 12.2. The zero-order valence-corrected chi connectivity index (χ0v) is 16.6. The molecule has 4 heteroatoms. The molecule has 0 saturated heterocycles. The Hall–Kier alpha value is -2.62. The van der Waals surface area contributed by atoms with Crippen LogP contribution >= 0.6 is 0 Å². The van der Waals surface area contributed by atoms with E-state index in [1.807, 2.05) is 39.8 Å². The van der Waals surface area contributed by atoms with Gasteiger partial charge in [-0.25, -0.2) is 9.03 Å². The molecule has 4 aromatic rings. The van der Waals surface area contributed by atoms with E-state index in [1.165, 1.54) is 11.1 Å². The lowest BCUT2D eigenvalue weighted by Gasteiger charge is -2.18. The second-order valence-corrected chi connectivity index (χ2v) is 8.73. The van der Waals surface area contributed by atoms with Gasteiger partial charge in [-0.2, -0.15) is 10.2 Å². The van der Waals surface area contributed by atoms with Gasteiger partial charge in [-0.1, -0.05) is 47.6 Å². The Morgan fingerprint density at radius 1 is 0.654 bits per heavy atom. The van der Waals surface area contributed by atoms with E-state index in [0.717, 1.165) is 11.0 Å². The van der Waals surface area contributed by atoms with Crippen molar-refractivity contribution >= 4 is 11.0 Å². The van der Waals surface area contributed by atoms with Crippen molar-refractivity contribution in [1.82, 2.24) is 19.2 Å². The SMILES string of the molecule is CC(C)(C)c1ccc2ccnn2c1.CC(C)(C)c1ccn2nccc2c1. The van der Waals surface area contributed by atoms with Gasteiger partial charge in [0.05, 0.1) is 11.0 Å². The molecule has 136 valence electrons. The molecule has 0 aliphatic heterocycles. The Morgan fingerprint density at radius 2 is 1.27 bits per heavy atom. The van der Waals surface area contributed by atoms with Crippen LogP contribution < -0.4 is 0 Å². The first kappa shape index (κ1) is 18.2. The summed E-state index contributed by atoms with van der Waals surface area (Å²) in [6.45, 7) is 13.3. The minimum absolute atomic E-state index is 0.195. The van der Waals surface area contributed by atoms with Crippen LogP contribution in [-0.4, -0.2) is 19.2 Å². The average molecular weight is 348 g/mol. The molecule has 4 aromatic heterocycles. The van der Waals surface area contributed by atoms with Crippen molar-refractivity contribution in [1.29, 1.82) is 0 Å². The standard InChI is InChI=1S/2C11H14N2/c1-11(2,3)9-5-7-13-10(8-9)4-6-12-13;1-11(2,3)9-4-5-10-6-7-12-13(10)8-9/h2*4-8H,1-3H3. The number of pyridine rings is 2. The third-order valence-corrected chi connectivity index (χ3v) is 4.53. The van der Waals surface area contributed by atoms with E-state index in [2.05, 4.69) is 82.2 Å². The highest BCUT2D eigenvalue weighted by molar-refractivity contribution is 5.49. The minimum atomic E-state index is 0.195. The maximum atomic E-state index is 4.21. The Kier molecular flexibility index (Phi) is 4.61. The van der Waals surface area contributed by atoms with E-state index in [9.17, 15) is 0 Å². The fraction of sp³-hybridized carbons (Fsp3) is 0.364. The predicted molar refractivity (Wildman–Crippen MR) is 108 cm³/mol. The molecule has 0 unspecified atom stereocenters. The summed E-state index contributed by atoms with van der Waals surface area (Å²) < 4.78 is 3.80. The van der Waals surface area contributed by atoms with Crippen LogP contribution in [0.25, 0.3) is 11.0 Å². The molecule has 0 aliphatic carbocycles. The zero-order chi connectivity index (χ0) is 18.9. The topological polar surface area (TPSA) is 34.6 Å². The van der Waals surface area contributed by atoms with Gasteiger partial charge in [0.25, 0.3) is 0 Å². The quantitative estimate of drug-likeness (QED) is 0.434. The number of rotatable bonds is 0. The number of hydrogen-bond acceptors (Lipinski definition) is 2. The van der Waals surface area contributed by atoms with E-state index < -0.39 is 0 Å².